The van der Waals surface area contributed by atoms with Crippen LogP contribution in [0.2, 0.25) is 0 Å². The topological polar surface area (TPSA) is 95.7 Å². The van der Waals surface area contributed by atoms with Crippen molar-refractivity contribution < 1.29 is 14.7 Å². The molecule has 0 bridgehead atoms. The van der Waals surface area contributed by atoms with Gasteiger partial charge in [0.15, 0.2) is 0 Å². The van der Waals surface area contributed by atoms with Crippen LogP contribution in [0.1, 0.15) is 0 Å². The molecule has 2 rings (SSSR count). The molecule has 4 nitrogen and oxygen atoms in total. The fourth-order valence-corrected chi connectivity index (χ4v) is 5.61. The highest BCUT2D eigenvalue weighted by atomic mass is 32.5. The van der Waals surface area contributed by atoms with Gasteiger partial charge in [0, 0.05) is 9.79 Å². The number of rotatable bonds is 2. The van der Waals surface area contributed by atoms with Crippen molar-refractivity contribution >= 4 is 16.8 Å². The molecule has 2 aromatic carbocycles. The van der Waals surface area contributed by atoms with E-state index in [-0.39, 0.29) is 6.15 Å². The summed E-state index contributed by atoms with van der Waals surface area (Å²) >= 11 is 0. The SMILES string of the molecule is N.OP(O)(O)=S(c1ccccc1)c1ccccc1. The van der Waals surface area contributed by atoms with Crippen molar-refractivity contribution in [2.75, 3.05) is 0 Å². The quantitative estimate of drug-likeness (QED) is 0.638. The first-order valence-electron chi connectivity index (χ1n) is 5.01. The van der Waals surface area contributed by atoms with Crippen LogP contribution in [0.5, 0.6) is 0 Å². The zero-order chi connectivity index (χ0) is 12.3. The Morgan fingerprint density at radius 1 is 0.667 bits per heavy atom. The molecule has 0 unspecified atom stereocenters. The Morgan fingerprint density at radius 3 is 1.28 bits per heavy atom. The smallest absolute Gasteiger partial charge is 0.286 e. The first kappa shape index (κ1) is 15.1. The minimum atomic E-state index is -3.94. The summed E-state index contributed by atoms with van der Waals surface area (Å²) in [6.45, 7) is -3.94. The molecule has 0 fully saturated rings. The van der Waals surface area contributed by atoms with Crippen LogP contribution in [0.15, 0.2) is 70.5 Å². The molecular formula is C12H16NO3PS. The molecule has 98 valence electrons. The van der Waals surface area contributed by atoms with Gasteiger partial charge in [-0.2, -0.15) is 0 Å². The second kappa shape index (κ2) is 6.29. The molecule has 0 aromatic heterocycles. The van der Waals surface area contributed by atoms with E-state index in [2.05, 4.69) is 0 Å². The fourth-order valence-electron chi connectivity index (χ4n) is 1.52. The van der Waals surface area contributed by atoms with Crippen LogP contribution in [0.4, 0.5) is 0 Å². The molecule has 2 aromatic rings. The molecule has 0 aliphatic heterocycles. The molecule has 0 heterocycles. The summed E-state index contributed by atoms with van der Waals surface area (Å²) in [5.41, 5.74) is 0. The lowest BCUT2D eigenvalue weighted by atomic mass is 10.4. The van der Waals surface area contributed by atoms with Gasteiger partial charge in [0.2, 0.25) is 0 Å². The van der Waals surface area contributed by atoms with Crippen molar-refractivity contribution in [2.45, 2.75) is 9.79 Å². The molecule has 0 spiro atoms. The van der Waals surface area contributed by atoms with Crippen molar-refractivity contribution in [2.24, 2.45) is 0 Å². The van der Waals surface area contributed by atoms with Crippen LogP contribution in [0.25, 0.3) is 0 Å². The monoisotopic (exact) mass is 285 g/mol. The predicted molar refractivity (Wildman–Crippen MR) is 75.4 cm³/mol. The first-order chi connectivity index (χ1) is 8.09. The maximum Gasteiger partial charge on any atom is 0.286 e. The van der Waals surface area contributed by atoms with Crippen LogP contribution >= 0.6 is 6.72 Å². The highest BCUT2D eigenvalue weighted by Crippen LogP contribution is 2.43. The molecular weight excluding hydrogens is 269 g/mol. The standard InChI is InChI=1S/C12H13O3PS.H3N/c13-16(14,15)17(11-7-3-1-4-8-11)12-9-5-2-6-10-12;/h1-10,13-15H;1H3. The van der Waals surface area contributed by atoms with Gasteiger partial charge in [-0.3, -0.25) is 0 Å². The first-order valence-corrected chi connectivity index (χ1v) is 8.49. The summed E-state index contributed by atoms with van der Waals surface area (Å²) in [6, 6.07) is 18.1. The lowest BCUT2D eigenvalue weighted by Crippen LogP contribution is -1.96. The summed E-state index contributed by atoms with van der Waals surface area (Å²) < 4.78 is 0. The second-order valence-corrected chi connectivity index (χ2v) is 8.53. The molecule has 0 aliphatic carbocycles. The third-order valence-electron chi connectivity index (χ3n) is 2.18. The third kappa shape index (κ3) is 3.53. The van der Waals surface area contributed by atoms with Gasteiger partial charge in [-0.25, -0.2) is 0 Å². The van der Waals surface area contributed by atoms with Crippen LogP contribution in [-0.4, -0.2) is 14.7 Å². The average molecular weight is 285 g/mol. The zero-order valence-electron chi connectivity index (χ0n) is 9.68. The Labute approximate surface area is 108 Å². The van der Waals surface area contributed by atoms with Crippen LogP contribution in [0.3, 0.4) is 0 Å². The number of benzene rings is 2. The molecule has 0 radical (unpaired) electrons. The van der Waals surface area contributed by atoms with E-state index in [4.69, 9.17) is 0 Å². The summed E-state index contributed by atoms with van der Waals surface area (Å²) in [7, 11) is -1.09. The van der Waals surface area contributed by atoms with Gasteiger partial charge in [0.25, 0.3) is 6.72 Å². The highest BCUT2D eigenvalue weighted by molar-refractivity contribution is 8.27. The van der Waals surface area contributed by atoms with E-state index < -0.39 is 16.8 Å². The lowest BCUT2D eigenvalue weighted by molar-refractivity contribution is 0.362. The molecule has 0 atom stereocenters. The van der Waals surface area contributed by atoms with Crippen molar-refractivity contribution in [3.05, 3.63) is 60.7 Å². The third-order valence-corrected chi connectivity index (χ3v) is 6.84. The summed E-state index contributed by atoms with van der Waals surface area (Å²) in [4.78, 5) is 30.3. The van der Waals surface area contributed by atoms with E-state index in [1.807, 2.05) is 36.4 Å². The Kier molecular flexibility index (Phi) is 5.28. The van der Waals surface area contributed by atoms with Crippen molar-refractivity contribution in [1.82, 2.24) is 6.15 Å². The molecule has 0 amide bonds. The summed E-state index contributed by atoms with van der Waals surface area (Å²) in [5.74, 6) is 0. The summed E-state index contributed by atoms with van der Waals surface area (Å²) in [5, 5.41) is 0. The van der Waals surface area contributed by atoms with Crippen molar-refractivity contribution in [3.63, 3.8) is 0 Å². The Balaban J connectivity index is 0.00000162. The average Bonchev–Trinajstić information content (AvgIpc) is 2.30. The van der Waals surface area contributed by atoms with E-state index in [9.17, 15) is 14.7 Å². The minimum Gasteiger partial charge on any atom is -0.344 e. The van der Waals surface area contributed by atoms with Gasteiger partial charge in [-0.1, -0.05) is 46.5 Å². The summed E-state index contributed by atoms with van der Waals surface area (Å²) in [6.07, 6.45) is 0. The Bertz CT molecular complexity index is 504. The fraction of sp³-hybridized carbons (Fsp3) is 0. The molecule has 6 N–H and O–H groups in total. The van der Waals surface area contributed by atoms with Gasteiger partial charge >= 0.3 is 0 Å². The normalized spacial score (nSPS) is 11.1. The van der Waals surface area contributed by atoms with Crippen molar-refractivity contribution in [1.29, 1.82) is 0 Å². The highest BCUT2D eigenvalue weighted by Gasteiger charge is 2.16. The number of hydrogen-bond acceptors (Lipinski definition) is 1. The molecule has 6 heteroatoms. The Morgan fingerprint density at radius 2 is 1.00 bits per heavy atom. The van der Waals surface area contributed by atoms with Gasteiger partial charge < -0.3 is 20.8 Å². The van der Waals surface area contributed by atoms with Gasteiger partial charge in [0.05, 0.1) is 0 Å². The molecule has 0 saturated heterocycles. The van der Waals surface area contributed by atoms with Crippen LogP contribution in [-0.2, 0) is 10.1 Å². The van der Waals surface area contributed by atoms with E-state index in [0.717, 1.165) is 9.79 Å². The predicted octanol–water partition coefficient (Wildman–Crippen LogP) is 2.54. The maximum atomic E-state index is 9.62. The van der Waals surface area contributed by atoms with Crippen LogP contribution in [0, 0.1) is 0 Å². The number of hydrogen-bond donors (Lipinski definition) is 4. The molecule has 18 heavy (non-hydrogen) atoms. The van der Waals surface area contributed by atoms with E-state index >= 15 is 0 Å². The maximum absolute atomic E-state index is 9.62. The lowest BCUT2D eigenvalue weighted by Gasteiger charge is -2.15. The van der Waals surface area contributed by atoms with Gasteiger partial charge in [0.1, 0.15) is 0 Å². The minimum absolute atomic E-state index is 0. The van der Waals surface area contributed by atoms with E-state index in [0.29, 0.717) is 0 Å². The Hall–Kier alpha value is -0.940. The van der Waals surface area contributed by atoms with Crippen LogP contribution < -0.4 is 6.15 Å². The van der Waals surface area contributed by atoms with E-state index in [1.54, 1.807) is 24.3 Å². The second-order valence-electron chi connectivity index (χ2n) is 3.42. The molecule has 0 aliphatic rings. The molecule has 0 saturated carbocycles. The zero-order valence-corrected chi connectivity index (χ0v) is 11.4. The van der Waals surface area contributed by atoms with Gasteiger partial charge in [-0.05, 0) is 24.3 Å². The van der Waals surface area contributed by atoms with Gasteiger partial charge in [-0.15, -0.1) is 0 Å². The van der Waals surface area contributed by atoms with Crippen molar-refractivity contribution in [3.8, 4) is 0 Å². The van der Waals surface area contributed by atoms with E-state index in [1.165, 1.54) is 0 Å². The largest absolute Gasteiger partial charge is 0.344 e.